The molecule has 5 rings (SSSR count). The van der Waals surface area contributed by atoms with Crippen LogP contribution in [-0.2, 0) is 0 Å². The van der Waals surface area contributed by atoms with Crippen LogP contribution in [-0.4, -0.2) is 45.6 Å². The summed E-state index contributed by atoms with van der Waals surface area (Å²) in [5.74, 6) is 1.95. The molecule has 7 heteroatoms. The van der Waals surface area contributed by atoms with Crippen molar-refractivity contribution in [2.45, 2.75) is 18.8 Å². The molecule has 32 heavy (non-hydrogen) atoms. The number of amides is 1. The summed E-state index contributed by atoms with van der Waals surface area (Å²) in [5.41, 5.74) is 3.61. The van der Waals surface area contributed by atoms with Gasteiger partial charge in [-0.15, -0.1) is 0 Å². The highest BCUT2D eigenvalue weighted by atomic mass is 35.5. The van der Waals surface area contributed by atoms with E-state index in [1.807, 2.05) is 39.9 Å². The molecule has 0 N–H and O–H groups in total. The molecule has 2 aromatic carbocycles. The fourth-order valence-electron chi connectivity index (χ4n) is 4.16. The number of hydrogen-bond donors (Lipinski definition) is 0. The SMILES string of the molecule is COc1cccc(-c2ccc3nc(C4CCN(C(=O)c5ccc(Cl)cc5)CC4)nn3c2)c1. The number of fused-ring (bicyclic) bond motifs is 1. The Morgan fingerprint density at radius 1 is 1.03 bits per heavy atom. The van der Waals surface area contributed by atoms with Crippen LogP contribution >= 0.6 is 11.6 Å². The van der Waals surface area contributed by atoms with Gasteiger partial charge >= 0.3 is 0 Å². The van der Waals surface area contributed by atoms with Crippen LogP contribution < -0.4 is 4.74 Å². The number of pyridine rings is 1. The van der Waals surface area contributed by atoms with Gasteiger partial charge in [0.15, 0.2) is 11.5 Å². The number of benzene rings is 2. The average Bonchev–Trinajstić information content (AvgIpc) is 3.28. The molecule has 1 aliphatic rings. The molecule has 0 aliphatic carbocycles. The zero-order valence-electron chi connectivity index (χ0n) is 17.7. The van der Waals surface area contributed by atoms with Gasteiger partial charge in [-0.1, -0.05) is 23.7 Å². The third-order valence-electron chi connectivity index (χ3n) is 5.99. The lowest BCUT2D eigenvalue weighted by Crippen LogP contribution is -2.38. The van der Waals surface area contributed by atoms with E-state index in [1.54, 1.807) is 31.4 Å². The van der Waals surface area contributed by atoms with Crippen molar-refractivity contribution in [2.75, 3.05) is 20.2 Å². The Morgan fingerprint density at radius 3 is 2.56 bits per heavy atom. The van der Waals surface area contributed by atoms with Crippen molar-refractivity contribution in [1.82, 2.24) is 19.5 Å². The smallest absolute Gasteiger partial charge is 0.253 e. The summed E-state index contributed by atoms with van der Waals surface area (Å²) in [5, 5.41) is 5.39. The number of carbonyl (C=O) groups is 1. The van der Waals surface area contributed by atoms with Gasteiger partial charge < -0.3 is 9.64 Å². The Bertz CT molecular complexity index is 1260. The van der Waals surface area contributed by atoms with E-state index in [0.717, 1.165) is 41.2 Å². The highest BCUT2D eigenvalue weighted by Gasteiger charge is 2.27. The van der Waals surface area contributed by atoms with Gasteiger partial charge in [0.25, 0.3) is 5.91 Å². The first-order valence-corrected chi connectivity index (χ1v) is 11.0. The standard InChI is InChI=1S/C25H23ClN4O2/c1-32-22-4-2-3-19(15-22)20-7-10-23-27-24(28-30(23)16-20)17-11-13-29(14-12-17)25(31)18-5-8-21(26)9-6-18/h2-10,15-17H,11-14H2,1H3. The molecular formula is C25H23ClN4O2. The molecule has 1 fully saturated rings. The van der Waals surface area contributed by atoms with Crippen LogP contribution in [0.25, 0.3) is 16.8 Å². The number of rotatable bonds is 4. The lowest BCUT2D eigenvalue weighted by molar-refractivity contribution is 0.0711. The van der Waals surface area contributed by atoms with Crippen LogP contribution in [0.15, 0.2) is 66.9 Å². The molecule has 0 atom stereocenters. The summed E-state index contributed by atoms with van der Waals surface area (Å²) in [7, 11) is 1.67. The number of nitrogens with zero attached hydrogens (tertiary/aromatic N) is 4. The molecule has 3 heterocycles. The van der Waals surface area contributed by atoms with Crippen LogP contribution in [0.5, 0.6) is 5.75 Å². The van der Waals surface area contributed by atoms with Crippen molar-refractivity contribution in [2.24, 2.45) is 0 Å². The maximum Gasteiger partial charge on any atom is 0.253 e. The second-order valence-corrected chi connectivity index (χ2v) is 8.43. The molecule has 0 spiro atoms. The van der Waals surface area contributed by atoms with Crippen LogP contribution in [0.4, 0.5) is 0 Å². The second kappa shape index (κ2) is 8.63. The van der Waals surface area contributed by atoms with Crippen molar-refractivity contribution in [3.05, 3.63) is 83.3 Å². The number of halogens is 1. The molecule has 0 radical (unpaired) electrons. The zero-order chi connectivity index (χ0) is 22.1. The first-order valence-electron chi connectivity index (χ1n) is 10.7. The summed E-state index contributed by atoms with van der Waals surface area (Å²) < 4.78 is 7.18. The largest absolute Gasteiger partial charge is 0.497 e. The number of carbonyl (C=O) groups excluding carboxylic acids is 1. The summed E-state index contributed by atoms with van der Waals surface area (Å²) in [4.78, 5) is 19.4. The van der Waals surface area contributed by atoms with E-state index in [4.69, 9.17) is 26.4 Å². The third-order valence-corrected chi connectivity index (χ3v) is 6.24. The Morgan fingerprint density at radius 2 is 1.81 bits per heavy atom. The number of ether oxygens (including phenoxy) is 1. The highest BCUT2D eigenvalue weighted by Crippen LogP contribution is 2.28. The first-order chi connectivity index (χ1) is 15.6. The van der Waals surface area contributed by atoms with Crippen LogP contribution in [0.3, 0.4) is 0 Å². The van der Waals surface area contributed by atoms with Crippen molar-refractivity contribution in [3.8, 4) is 16.9 Å². The van der Waals surface area contributed by atoms with Gasteiger partial charge in [-0.25, -0.2) is 9.50 Å². The topological polar surface area (TPSA) is 59.7 Å². The number of methoxy groups -OCH3 is 1. The number of likely N-dealkylation sites (tertiary alicyclic amines) is 1. The molecule has 162 valence electrons. The first kappa shape index (κ1) is 20.5. The second-order valence-electron chi connectivity index (χ2n) is 8.00. The van der Waals surface area contributed by atoms with Crippen molar-refractivity contribution >= 4 is 23.2 Å². The molecule has 1 amide bonds. The predicted molar refractivity (Wildman–Crippen MR) is 124 cm³/mol. The Hall–Kier alpha value is -3.38. The minimum absolute atomic E-state index is 0.0472. The van der Waals surface area contributed by atoms with E-state index in [1.165, 1.54) is 0 Å². The van der Waals surface area contributed by atoms with Crippen molar-refractivity contribution < 1.29 is 9.53 Å². The summed E-state index contributed by atoms with van der Waals surface area (Å²) >= 11 is 5.93. The predicted octanol–water partition coefficient (Wildman–Crippen LogP) is 5.08. The fourth-order valence-corrected chi connectivity index (χ4v) is 4.29. The Kier molecular flexibility index (Phi) is 5.53. The van der Waals surface area contributed by atoms with E-state index >= 15 is 0 Å². The molecule has 2 aromatic heterocycles. The minimum Gasteiger partial charge on any atom is -0.497 e. The maximum absolute atomic E-state index is 12.8. The average molecular weight is 447 g/mol. The van der Waals surface area contributed by atoms with Crippen LogP contribution in [0.2, 0.25) is 5.02 Å². The molecule has 0 bridgehead atoms. The van der Waals surface area contributed by atoms with E-state index in [0.29, 0.717) is 23.7 Å². The zero-order valence-corrected chi connectivity index (χ0v) is 18.5. The Balaban J connectivity index is 1.30. The van der Waals surface area contributed by atoms with Gasteiger partial charge in [-0.3, -0.25) is 4.79 Å². The van der Waals surface area contributed by atoms with Crippen LogP contribution in [0.1, 0.15) is 34.9 Å². The minimum atomic E-state index is 0.0472. The monoisotopic (exact) mass is 446 g/mol. The van der Waals surface area contributed by atoms with Crippen LogP contribution in [0, 0.1) is 0 Å². The van der Waals surface area contributed by atoms with Crippen molar-refractivity contribution in [3.63, 3.8) is 0 Å². The maximum atomic E-state index is 12.8. The molecule has 6 nitrogen and oxygen atoms in total. The van der Waals surface area contributed by atoms with Crippen molar-refractivity contribution in [1.29, 1.82) is 0 Å². The lowest BCUT2D eigenvalue weighted by Gasteiger charge is -2.30. The number of aromatic nitrogens is 3. The van der Waals surface area contributed by atoms with Gasteiger partial charge in [0, 0.05) is 41.4 Å². The molecular weight excluding hydrogens is 424 g/mol. The number of piperidine rings is 1. The molecule has 0 unspecified atom stereocenters. The quantitative estimate of drug-likeness (QED) is 0.438. The van der Waals surface area contributed by atoms with Gasteiger partial charge in [-0.05, 0) is 66.9 Å². The number of hydrogen-bond acceptors (Lipinski definition) is 4. The fraction of sp³-hybridized carbons (Fsp3) is 0.240. The van der Waals surface area contributed by atoms with E-state index in [9.17, 15) is 4.79 Å². The lowest BCUT2D eigenvalue weighted by atomic mass is 9.95. The van der Waals surface area contributed by atoms with Gasteiger partial charge in [0.1, 0.15) is 5.75 Å². The van der Waals surface area contributed by atoms with Gasteiger partial charge in [-0.2, -0.15) is 5.10 Å². The highest BCUT2D eigenvalue weighted by molar-refractivity contribution is 6.30. The molecule has 4 aromatic rings. The third kappa shape index (κ3) is 4.06. The normalized spacial score (nSPS) is 14.6. The Labute approximate surface area is 191 Å². The molecule has 1 aliphatic heterocycles. The summed E-state index contributed by atoms with van der Waals surface area (Å²) in [6.07, 6.45) is 3.69. The summed E-state index contributed by atoms with van der Waals surface area (Å²) in [6.45, 7) is 1.38. The van der Waals surface area contributed by atoms with E-state index in [-0.39, 0.29) is 11.8 Å². The van der Waals surface area contributed by atoms with E-state index in [2.05, 4.69) is 12.1 Å². The van der Waals surface area contributed by atoms with E-state index < -0.39 is 0 Å². The van der Waals surface area contributed by atoms with Gasteiger partial charge in [0.2, 0.25) is 0 Å². The van der Waals surface area contributed by atoms with Gasteiger partial charge in [0.05, 0.1) is 7.11 Å². The molecule has 1 saturated heterocycles. The summed E-state index contributed by atoms with van der Waals surface area (Å²) in [6, 6.07) is 19.1. The molecule has 0 saturated carbocycles.